The van der Waals surface area contributed by atoms with Crippen molar-refractivity contribution < 1.29 is 4.39 Å². The van der Waals surface area contributed by atoms with Crippen LogP contribution >= 0.6 is 0 Å². The Morgan fingerprint density at radius 1 is 1.40 bits per heavy atom. The molecule has 0 aromatic heterocycles. The molecule has 1 aliphatic rings. The largest absolute Gasteiger partial charge is 0.310 e. The van der Waals surface area contributed by atoms with Gasteiger partial charge in [-0.05, 0) is 45.0 Å². The van der Waals surface area contributed by atoms with Gasteiger partial charge in [-0.1, -0.05) is 19.1 Å². The van der Waals surface area contributed by atoms with Gasteiger partial charge in [-0.25, -0.2) is 4.39 Å². The zero-order valence-electron chi connectivity index (χ0n) is 12.0. The lowest BCUT2D eigenvalue weighted by atomic mass is 10.0. The summed E-state index contributed by atoms with van der Waals surface area (Å²) in [6.45, 7) is 6.11. The van der Waals surface area contributed by atoms with Crippen molar-refractivity contribution in [2.24, 2.45) is 0 Å². The molecule has 1 aliphatic heterocycles. The molecule has 4 heteroatoms. The van der Waals surface area contributed by atoms with Crippen molar-refractivity contribution in [3.63, 3.8) is 0 Å². The molecule has 1 N–H and O–H groups in total. The second kappa shape index (κ2) is 7.37. The molecule has 108 valence electrons. The quantitative estimate of drug-likeness (QED) is 0.898. The molecule has 1 fully saturated rings. The van der Waals surface area contributed by atoms with E-state index in [0.29, 0.717) is 18.2 Å². The van der Waals surface area contributed by atoms with Crippen molar-refractivity contribution in [2.45, 2.75) is 38.8 Å². The number of piperidine rings is 1. The van der Waals surface area contributed by atoms with E-state index in [4.69, 9.17) is 5.26 Å². The highest BCUT2D eigenvalue weighted by atomic mass is 19.1. The number of nitrogens with one attached hydrogen (secondary N) is 1. The van der Waals surface area contributed by atoms with Gasteiger partial charge in [0.05, 0.1) is 5.56 Å². The van der Waals surface area contributed by atoms with E-state index in [2.05, 4.69) is 17.1 Å². The van der Waals surface area contributed by atoms with Gasteiger partial charge in [0.25, 0.3) is 0 Å². The summed E-state index contributed by atoms with van der Waals surface area (Å²) in [5.41, 5.74) is 0.710. The minimum Gasteiger partial charge on any atom is -0.310 e. The molecule has 20 heavy (non-hydrogen) atoms. The molecular formula is C16H22FN3. The van der Waals surface area contributed by atoms with Crippen molar-refractivity contribution in [1.82, 2.24) is 10.2 Å². The van der Waals surface area contributed by atoms with Crippen LogP contribution in [0.3, 0.4) is 0 Å². The molecular weight excluding hydrogens is 253 g/mol. The van der Waals surface area contributed by atoms with Crippen LogP contribution in [0.15, 0.2) is 18.2 Å². The average Bonchev–Trinajstić information content (AvgIpc) is 2.48. The number of likely N-dealkylation sites (tertiary alicyclic amines) is 1. The predicted octanol–water partition coefficient (Wildman–Crippen LogP) is 2.66. The third kappa shape index (κ3) is 3.78. The van der Waals surface area contributed by atoms with Gasteiger partial charge in [0.2, 0.25) is 0 Å². The number of halogens is 1. The summed E-state index contributed by atoms with van der Waals surface area (Å²) in [5.74, 6) is -0.383. The Morgan fingerprint density at radius 2 is 2.15 bits per heavy atom. The van der Waals surface area contributed by atoms with Crippen LogP contribution < -0.4 is 5.32 Å². The molecule has 0 radical (unpaired) electrons. The molecule has 1 heterocycles. The van der Waals surface area contributed by atoms with Crippen LogP contribution in [0.25, 0.3) is 0 Å². The van der Waals surface area contributed by atoms with Crippen LogP contribution in [0, 0.1) is 17.1 Å². The van der Waals surface area contributed by atoms with Gasteiger partial charge in [-0.3, -0.25) is 0 Å². The topological polar surface area (TPSA) is 39.1 Å². The molecule has 0 atom stereocenters. The standard InChI is InChI=1S/C16H22FN3/c1-2-8-20-9-6-15(7-10-20)19-12-14-5-3-4-13(11-18)16(14)17/h3-5,15,19H,2,6-10,12H2,1H3. The normalized spacial score (nSPS) is 17.1. The van der Waals surface area contributed by atoms with E-state index >= 15 is 0 Å². The summed E-state index contributed by atoms with van der Waals surface area (Å²) in [6.07, 6.45) is 3.42. The van der Waals surface area contributed by atoms with E-state index < -0.39 is 0 Å². The lowest BCUT2D eigenvalue weighted by Gasteiger charge is -2.32. The monoisotopic (exact) mass is 275 g/mol. The van der Waals surface area contributed by atoms with E-state index in [0.717, 1.165) is 25.9 Å². The Bertz CT molecular complexity index is 473. The fraction of sp³-hybridized carbons (Fsp3) is 0.562. The van der Waals surface area contributed by atoms with E-state index in [1.807, 2.05) is 6.07 Å². The molecule has 1 saturated heterocycles. The van der Waals surface area contributed by atoms with Crippen LogP contribution in [-0.4, -0.2) is 30.6 Å². The minimum atomic E-state index is -0.383. The molecule has 1 aromatic carbocycles. The third-order valence-electron chi connectivity index (χ3n) is 3.91. The highest BCUT2D eigenvalue weighted by molar-refractivity contribution is 5.34. The maximum absolute atomic E-state index is 13.9. The fourth-order valence-electron chi connectivity index (χ4n) is 2.73. The maximum atomic E-state index is 13.9. The van der Waals surface area contributed by atoms with Gasteiger partial charge >= 0.3 is 0 Å². The Balaban J connectivity index is 1.83. The maximum Gasteiger partial charge on any atom is 0.145 e. The Hall–Kier alpha value is -1.44. The summed E-state index contributed by atoms with van der Waals surface area (Å²) in [6, 6.07) is 7.34. The van der Waals surface area contributed by atoms with Crippen molar-refractivity contribution >= 4 is 0 Å². The van der Waals surface area contributed by atoms with E-state index in [1.165, 1.54) is 19.0 Å². The fourth-order valence-corrected chi connectivity index (χ4v) is 2.73. The summed E-state index contributed by atoms with van der Waals surface area (Å²) in [7, 11) is 0. The summed E-state index contributed by atoms with van der Waals surface area (Å²) >= 11 is 0. The van der Waals surface area contributed by atoms with Crippen LogP contribution in [0.4, 0.5) is 4.39 Å². The second-order valence-corrected chi connectivity index (χ2v) is 5.39. The third-order valence-corrected chi connectivity index (χ3v) is 3.91. The van der Waals surface area contributed by atoms with E-state index in [-0.39, 0.29) is 11.4 Å². The molecule has 0 spiro atoms. The zero-order chi connectivity index (χ0) is 14.4. The molecule has 0 amide bonds. The van der Waals surface area contributed by atoms with Gasteiger partial charge in [0.15, 0.2) is 0 Å². The zero-order valence-corrected chi connectivity index (χ0v) is 12.0. The van der Waals surface area contributed by atoms with Crippen LogP contribution in [0.5, 0.6) is 0 Å². The lowest BCUT2D eigenvalue weighted by Crippen LogP contribution is -2.42. The summed E-state index contributed by atoms with van der Waals surface area (Å²) in [4.78, 5) is 2.48. The first-order valence-electron chi connectivity index (χ1n) is 7.37. The SMILES string of the molecule is CCCN1CCC(NCc2cccc(C#N)c2F)CC1. The van der Waals surface area contributed by atoms with Crippen LogP contribution in [0.1, 0.15) is 37.3 Å². The highest BCUT2D eigenvalue weighted by Crippen LogP contribution is 2.14. The van der Waals surface area contributed by atoms with Crippen molar-refractivity contribution in [3.8, 4) is 6.07 Å². The number of hydrogen-bond acceptors (Lipinski definition) is 3. The average molecular weight is 275 g/mol. The molecule has 0 saturated carbocycles. The molecule has 0 unspecified atom stereocenters. The molecule has 0 bridgehead atoms. The Labute approximate surface area is 120 Å². The first kappa shape index (κ1) is 15.0. The van der Waals surface area contributed by atoms with Gasteiger partial charge in [0, 0.05) is 18.2 Å². The smallest absolute Gasteiger partial charge is 0.145 e. The molecule has 3 nitrogen and oxygen atoms in total. The molecule has 2 rings (SSSR count). The lowest BCUT2D eigenvalue weighted by molar-refractivity contribution is 0.197. The summed E-state index contributed by atoms with van der Waals surface area (Å²) < 4.78 is 13.9. The number of rotatable bonds is 5. The predicted molar refractivity (Wildman–Crippen MR) is 77.7 cm³/mol. The van der Waals surface area contributed by atoms with Gasteiger partial charge in [-0.15, -0.1) is 0 Å². The first-order valence-corrected chi connectivity index (χ1v) is 7.37. The van der Waals surface area contributed by atoms with Gasteiger partial charge in [0.1, 0.15) is 11.9 Å². The molecule has 1 aromatic rings. The minimum absolute atomic E-state index is 0.127. The van der Waals surface area contributed by atoms with Crippen LogP contribution in [0.2, 0.25) is 0 Å². The van der Waals surface area contributed by atoms with Crippen LogP contribution in [-0.2, 0) is 6.54 Å². The van der Waals surface area contributed by atoms with Crippen molar-refractivity contribution in [3.05, 3.63) is 35.1 Å². The van der Waals surface area contributed by atoms with Gasteiger partial charge in [-0.2, -0.15) is 5.26 Å². The number of benzene rings is 1. The Morgan fingerprint density at radius 3 is 2.80 bits per heavy atom. The Kier molecular flexibility index (Phi) is 5.51. The second-order valence-electron chi connectivity index (χ2n) is 5.39. The first-order chi connectivity index (χ1) is 9.74. The number of nitriles is 1. The van der Waals surface area contributed by atoms with Crippen molar-refractivity contribution in [2.75, 3.05) is 19.6 Å². The number of hydrogen-bond donors (Lipinski definition) is 1. The summed E-state index contributed by atoms with van der Waals surface area (Å²) in [5, 5.41) is 12.2. The van der Waals surface area contributed by atoms with E-state index in [1.54, 1.807) is 12.1 Å². The highest BCUT2D eigenvalue weighted by Gasteiger charge is 2.18. The number of nitrogens with zero attached hydrogens (tertiary/aromatic N) is 2. The van der Waals surface area contributed by atoms with E-state index in [9.17, 15) is 4.39 Å². The molecule has 0 aliphatic carbocycles. The van der Waals surface area contributed by atoms with Crippen molar-refractivity contribution in [1.29, 1.82) is 5.26 Å². The van der Waals surface area contributed by atoms with Gasteiger partial charge < -0.3 is 10.2 Å².